The van der Waals surface area contributed by atoms with Crippen LogP contribution in [-0.2, 0) is 9.53 Å². The maximum absolute atomic E-state index is 10.6. The van der Waals surface area contributed by atoms with Crippen LogP contribution >= 0.6 is 0 Å². The van der Waals surface area contributed by atoms with Crippen molar-refractivity contribution in [3.05, 3.63) is 12.2 Å². The molecular weight excluding hydrogens is 182 g/mol. The van der Waals surface area contributed by atoms with Gasteiger partial charge in [0.1, 0.15) is 0 Å². The molecule has 0 aliphatic rings. The fourth-order valence-corrected chi connectivity index (χ4v) is 0.942. The second-order valence-electron chi connectivity index (χ2n) is 4.20. The zero-order valence-corrected chi connectivity index (χ0v) is 9.41. The Kier molecular flexibility index (Phi) is 4.80. The SMILES string of the molecule is C=C(C)COC(C)[N+](C)(C)CC(=O)O. The number of ether oxygens (including phenoxy) is 1. The molecule has 0 aromatic carbocycles. The van der Waals surface area contributed by atoms with E-state index < -0.39 is 5.97 Å². The maximum Gasteiger partial charge on any atom is 0.359 e. The molecule has 0 heterocycles. The van der Waals surface area contributed by atoms with Crippen LogP contribution in [0, 0.1) is 0 Å². The van der Waals surface area contributed by atoms with E-state index in [1.165, 1.54) is 0 Å². The molecule has 0 fully saturated rings. The Morgan fingerprint density at radius 3 is 2.43 bits per heavy atom. The highest BCUT2D eigenvalue weighted by Gasteiger charge is 2.27. The highest BCUT2D eigenvalue weighted by Crippen LogP contribution is 2.08. The Bertz CT molecular complexity index is 223. The van der Waals surface area contributed by atoms with Gasteiger partial charge in [0, 0.05) is 6.92 Å². The van der Waals surface area contributed by atoms with Gasteiger partial charge in [-0.2, -0.15) is 0 Å². The summed E-state index contributed by atoms with van der Waals surface area (Å²) in [6, 6.07) is 0. The summed E-state index contributed by atoms with van der Waals surface area (Å²) in [6.45, 7) is 8.00. The lowest BCUT2D eigenvalue weighted by Gasteiger charge is -2.33. The molecule has 82 valence electrons. The van der Waals surface area contributed by atoms with Gasteiger partial charge >= 0.3 is 5.97 Å². The van der Waals surface area contributed by atoms with Crippen molar-refractivity contribution in [3.8, 4) is 0 Å². The minimum absolute atomic E-state index is 0.0529. The Balaban J connectivity index is 4.13. The zero-order chi connectivity index (χ0) is 11.4. The van der Waals surface area contributed by atoms with E-state index in [-0.39, 0.29) is 12.8 Å². The van der Waals surface area contributed by atoms with E-state index in [1.807, 2.05) is 27.9 Å². The van der Waals surface area contributed by atoms with Crippen molar-refractivity contribution in [3.63, 3.8) is 0 Å². The molecule has 4 nitrogen and oxygen atoms in total. The zero-order valence-electron chi connectivity index (χ0n) is 9.41. The molecule has 4 heteroatoms. The second kappa shape index (κ2) is 5.12. The monoisotopic (exact) mass is 202 g/mol. The molecule has 1 atom stereocenters. The third kappa shape index (κ3) is 4.99. The van der Waals surface area contributed by atoms with Crippen LogP contribution in [0.2, 0.25) is 0 Å². The molecule has 0 radical (unpaired) electrons. The van der Waals surface area contributed by atoms with Crippen LogP contribution in [-0.4, -0.2) is 49.0 Å². The summed E-state index contributed by atoms with van der Waals surface area (Å²) in [5.74, 6) is -0.819. The van der Waals surface area contributed by atoms with Crippen LogP contribution in [0.1, 0.15) is 13.8 Å². The summed E-state index contributed by atoms with van der Waals surface area (Å²) in [4.78, 5) is 10.6. The molecule has 0 aliphatic carbocycles. The summed E-state index contributed by atoms with van der Waals surface area (Å²) in [7, 11) is 3.66. The van der Waals surface area contributed by atoms with Crippen molar-refractivity contribution >= 4 is 5.97 Å². The van der Waals surface area contributed by atoms with Gasteiger partial charge in [0.2, 0.25) is 0 Å². The predicted molar refractivity (Wildman–Crippen MR) is 54.8 cm³/mol. The van der Waals surface area contributed by atoms with E-state index >= 15 is 0 Å². The minimum atomic E-state index is -0.819. The minimum Gasteiger partial charge on any atom is -0.477 e. The molecular formula is C10H20NO3+. The third-order valence-corrected chi connectivity index (χ3v) is 2.10. The lowest BCUT2D eigenvalue weighted by Crippen LogP contribution is -2.51. The van der Waals surface area contributed by atoms with Gasteiger partial charge in [-0.1, -0.05) is 12.2 Å². The second-order valence-corrected chi connectivity index (χ2v) is 4.20. The van der Waals surface area contributed by atoms with E-state index in [0.29, 0.717) is 11.1 Å². The van der Waals surface area contributed by atoms with Crippen LogP contribution < -0.4 is 0 Å². The number of hydrogen-bond acceptors (Lipinski definition) is 2. The molecule has 0 aliphatic heterocycles. The first kappa shape index (κ1) is 13.1. The fourth-order valence-electron chi connectivity index (χ4n) is 0.942. The molecule has 1 N–H and O–H groups in total. The van der Waals surface area contributed by atoms with Crippen molar-refractivity contribution in [2.75, 3.05) is 27.2 Å². The van der Waals surface area contributed by atoms with E-state index in [4.69, 9.17) is 9.84 Å². The fraction of sp³-hybridized carbons (Fsp3) is 0.700. The van der Waals surface area contributed by atoms with E-state index in [2.05, 4.69) is 6.58 Å². The topological polar surface area (TPSA) is 46.5 Å². The Hall–Kier alpha value is -0.870. The average molecular weight is 202 g/mol. The first-order chi connectivity index (χ1) is 6.25. The molecule has 0 spiro atoms. The number of carbonyl (C=O) groups is 1. The quantitative estimate of drug-likeness (QED) is 0.398. The van der Waals surface area contributed by atoms with Gasteiger partial charge in [-0.25, -0.2) is 4.79 Å². The number of aliphatic carboxylic acids is 1. The van der Waals surface area contributed by atoms with Crippen molar-refractivity contribution in [2.24, 2.45) is 0 Å². The van der Waals surface area contributed by atoms with Gasteiger partial charge in [-0.15, -0.1) is 0 Å². The number of likely N-dealkylation sites (N-methyl/N-ethyl adjacent to an activating group) is 1. The van der Waals surface area contributed by atoms with Gasteiger partial charge in [0.25, 0.3) is 0 Å². The number of nitrogens with zero attached hydrogens (tertiary/aromatic N) is 1. The van der Waals surface area contributed by atoms with Crippen LogP contribution in [0.3, 0.4) is 0 Å². The van der Waals surface area contributed by atoms with Crippen LogP contribution in [0.15, 0.2) is 12.2 Å². The van der Waals surface area contributed by atoms with Gasteiger partial charge in [0.15, 0.2) is 12.8 Å². The molecule has 0 saturated carbocycles. The molecule has 0 saturated heterocycles. The molecule has 0 bridgehead atoms. The van der Waals surface area contributed by atoms with Crippen LogP contribution in [0.25, 0.3) is 0 Å². The van der Waals surface area contributed by atoms with Gasteiger partial charge in [-0.3, -0.25) is 4.48 Å². The van der Waals surface area contributed by atoms with Crippen molar-refractivity contribution in [1.29, 1.82) is 0 Å². The molecule has 0 aromatic heterocycles. The van der Waals surface area contributed by atoms with E-state index in [1.54, 1.807) is 0 Å². The van der Waals surface area contributed by atoms with Crippen molar-refractivity contribution in [1.82, 2.24) is 0 Å². The highest BCUT2D eigenvalue weighted by molar-refractivity contribution is 5.67. The van der Waals surface area contributed by atoms with Crippen molar-refractivity contribution < 1.29 is 19.1 Å². The normalized spacial score (nSPS) is 13.7. The lowest BCUT2D eigenvalue weighted by atomic mass is 10.3. The molecule has 0 amide bonds. The molecule has 1 unspecified atom stereocenters. The van der Waals surface area contributed by atoms with Crippen LogP contribution in [0.5, 0.6) is 0 Å². The smallest absolute Gasteiger partial charge is 0.359 e. The van der Waals surface area contributed by atoms with E-state index in [0.717, 1.165) is 5.57 Å². The van der Waals surface area contributed by atoms with Gasteiger partial charge in [0.05, 0.1) is 20.7 Å². The Morgan fingerprint density at radius 2 is 2.07 bits per heavy atom. The number of carboxylic acids is 1. The number of quaternary nitrogens is 1. The first-order valence-corrected chi connectivity index (χ1v) is 4.56. The first-order valence-electron chi connectivity index (χ1n) is 4.56. The molecule has 14 heavy (non-hydrogen) atoms. The molecule has 0 aromatic rings. The van der Waals surface area contributed by atoms with E-state index in [9.17, 15) is 4.79 Å². The van der Waals surface area contributed by atoms with Crippen LogP contribution in [0.4, 0.5) is 0 Å². The largest absolute Gasteiger partial charge is 0.477 e. The molecule has 0 rings (SSSR count). The van der Waals surface area contributed by atoms with Crippen molar-refractivity contribution in [2.45, 2.75) is 20.1 Å². The summed E-state index contributed by atoms with van der Waals surface area (Å²) < 4.78 is 5.79. The standard InChI is InChI=1S/C10H19NO3/c1-8(2)7-14-9(3)11(4,5)6-10(12)13/h9H,1,6-7H2,2-5H3/p+1. The maximum atomic E-state index is 10.6. The lowest BCUT2D eigenvalue weighted by molar-refractivity contribution is -0.928. The average Bonchev–Trinajstić information content (AvgIpc) is 1.97. The number of rotatable bonds is 6. The predicted octanol–water partition coefficient (Wildman–Crippen LogP) is 1.09. The van der Waals surface area contributed by atoms with Gasteiger partial charge < -0.3 is 9.84 Å². The summed E-state index contributed by atoms with van der Waals surface area (Å²) in [5, 5.41) is 8.69. The third-order valence-electron chi connectivity index (χ3n) is 2.10. The van der Waals surface area contributed by atoms with Gasteiger partial charge in [-0.05, 0) is 6.92 Å². The summed E-state index contributed by atoms with van der Waals surface area (Å²) >= 11 is 0. The number of hydrogen-bond donors (Lipinski definition) is 1. The Labute approximate surface area is 85.4 Å². The number of carboxylic acid groups (broad SMARTS) is 1. The highest BCUT2D eigenvalue weighted by atomic mass is 16.5. The summed E-state index contributed by atoms with van der Waals surface area (Å²) in [5.41, 5.74) is 0.937. The Morgan fingerprint density at radius 1 is 1.57 bits per heavy atom. The summed E-state index contributed by atoms with van der Waals surface area (Å²) in [6.07, 6.45) is -0.150.